The van der Waals surface area contributed by atoms with Gasteiger partial charge < -0.3 is 15.3 Å². The molecule has 0 saturated carbocycles. The minimum atomic E-state index is -1.01. The lowest BCUT2D eigenvalue weighted by molar-refractivity contribution is -0.127. The fourth-order valence-corrected chi connectivity index (χ4v) is 1.61. The third kappa shape index (κ3) is 4.73. The summed E-state index contributed by atoms with van der Waals surface area (Å²) in [5.41, 5.74) is 0.557. The Hall–Kier alpha value is -2.11. The zero-order chi connectivity index (χ0) is 16.2. The van der Waals surface area contributed by atoms with Gasteiger partial charge in [-0.25, -0.2) is 9.78 Å². The highest BCUT2D eigenvalue weighted by Gasteiger charge is 2.19. The van der Waals surface area contributed by atoms with Crippen LogP contribution in [0.4, 0.5) is 5.82 Å². The van der Waals surface area contributed by atoms with Crippen molar-refractivity contribution >= 4 is 17.7 Å². The van der Waals surface area contributed by atoms with E-state index in [1.165, 1.54) is 6.07 Å². The molecule has 2 N–H and O–H groups in total. The molecule has 1 heterocycles. The molecule has 0 aliphatic heterocycles. The van der Waals surface area contributed by atoms with E-state index in [1.807, 2.05) is 27.7 Å². The fourth-order valence-electron chi connectivity index (χ4n) is 1.61. The monoisotopic (exact) mass is 293 g/mol. The van der Waals surface area contributed by atoms with Crippen LogP contribution in [0, 0.1) is 0 Å². The second-order valence-corrected chi connectivity index (χ2v) is 5.94. The van der Waals surface area contributed by atoms with Gasteiger partial charge in [-0.05, 0) is 19.1 Å². The molecular formula is C15H23N3O3. The summed E-state index contributed by atoms with van der Waals surface area (Å²) in [4.78, 5) is 28.9. The topological polar surface area (TPSA) is 82.5 Å². The van der Waals surface area contributed by atoms with Crippen molar-refractivity contribution in [3.8, 4) is 0 Å². The summed E-state index contributed by atoms with van der Waals surface area (Å²) in [5.74, 6) is -0.682. The average Bonchev–Trinajstić information content (AvgIpc) is 2.42. The lowest BCUT2D eigenvalue weighted by Crippen LogP contribution is -2.32. The van der Waals surface area contributed by atoms with E-state index in [0.29, 0.717) is 18.1 Å². The molecule has 1 amide bonds. The van der Waals surface area contributed by atoms with Crippen LogP contribution in [0.2, 0.25) is 0 Å². The van der Waals surface area contributed by atoms with Gasteiger partial charge in [0.1, 0.15) is 5.82 Å². The second kappa shape index (κ2) is 6.56. The number of rotatable bonds is 5. The first-order valence-corrected chi connectivity index (χ1v) is 6.89. The molecule has 1 rings (SSSR count). The Morgan fingerprint density at radius 2 is 1.95 bits per heavy atom. The maximum Gasteiger partial charge on any atom is 0.335 e. The molecule has 0 fully saturated rings. The molecule has 0 aliphatic carbocycles. The average molecular weight is 293 g/mol. The van der Waals surface area contributed by atoms with Crippen LogP contribution >= 0.6 is 0 Å². The van der Waals surface area contributed by atoms with Crippen molar-refractivity contribution in [3.05, 3.63) is 23.4 Å². The summed E-state index contributed by atoms with van der Waals surface area (Å²) in [7, 11) is 1.71. The number of carbonyl (C=O) groups excluding carboxylic acids is 1. The van der Waals surface area contributed by atoms with Gasteiger partial charge in [-0.15, -0.1) is 0 Å². The second-order valence-electron chi connectivity index (χ2n) is 5.94. The van der Waals surface area contributed by atoms with Crippen LogP contribution in [0.25, 0.3) is 0 Å². The molecule has 0 spiro atoms. The van der Waals surface area contributed by atoms with E-state index in [0.717, 1.165) is 0 Å². The number of aromatic carboxylic acids is 1. The van der Waals surface area contributed by atoms with Crippen LogP contribution < -0.4 is 5.32 Å². The van der Waals surface area contributed by atoms with Gasteiger partial charge in [0.05, 0.1) is 12.1 Å². The van der Waals surface area contributed by atoms with E-state index in [-0.39, 0.29) is 23.4 Å². The molecule has 0 unspecified atom stereocenters. The lowest BCUT2D eigenvalue weighted by Gasteiger charge is -2.20. The Morgan fingerprint density at radius 1 is 1.33 bits per heavy atom. The van der Waals surface area contributed by atoms with Crippen molar-refractivity contribution in [1.29, 1.82) is 0 Å². The van der Waals surface area contributed by atoms with E-state index >= 15 is 0 Å². The number of carboxylic acid groups (broad SMARTS) is 1. The summed E-state index contributed by atoms with van der Waals surface area (Å²) in [6, 6.07) is 3.00. The Labute approximate surface area is 125 Å². The minimum Gasteiger partial charge on any atom is -0.478 e. The SMILES string of the molecule is CCN(C)C(=O)CNc1cc(C(=O)O)cc(C(C)(C)C)n1. The maximum atomic E-state index is 11.8. The molecule has 0 aliphatic rings. The van der Waals surface area contributed by atoms with Crippen LogP contribution in [-0.2, 0) is 10.2 Å². The molecular weight excluding hydrogens is 270 g/mol. The quantitative estimate of drug-likeness (QED) is 0.867. The molecule has 0 bridgehead atoms. The number of anilines is 1. The summed E-state index contributed by atoms with van der Waals surface area (Å²) in [6.45, 7) is 8.47. The van der Waals surface area contributed by atoms with E-state index in [9.17, 15) is 14.7 Å². The van der Waals surface area contributed by atoms with E-state index in [4.69, 9.17) is 0 Å². The Bertz CT molecular complexity index is 535. The molecule has 0 radical (unpaired) electrons. The third-order valence-corrected chi connectivity index (χ3v) is 3.16. The van der Waals surface area contributed by atoms with Gasteiger partial charge in [0.2, 0.25) is 5.91 Å². The minimum absolute atomic E-state index is 0.0719. The highest BCUT2D eigenvalue weighted by molar-refractivity contribution is 5.89. The number of aromatic nitrogens is 1. The van der Waals surface area contributed by atoms with Gasteiger partial charge in [-0.1, -0.05) is 20.8 Å². The van der Waals surface area contributed by atoms with Crippen LogP contribution in [0.1, 0.15) is 43.7 Å². The van der Waals surface area contributed by atoms with E-state index in [2.05, 4.69) is 10.3 Å². The van der Waals surface area contributed by atoms with Crippen LogP contribution in [-0.4, -0.2) is 47.0 Å². The normalized spacial score (nSPS) is 11.1. The molecule has 1 aromatic heterocycles. The Kier molecular flexibility index (Phi) is 5.29. The number of hydrogen-bond donors (Lipinski definition) is 2. The predicted octanol–water partition coefficient (Wildman–Crippen LogP) is 1.97. The zero-order valence-corrected chi connectivity index (χ0v) is 13.2. The van der Waals surface area contributed by atoms with Crippen molar-refractivity contribution in [2.24, 2.45) is 0 Å². The molecule has 0 aromatic carbocycles. The summed E-state index contributed by atoms with van der Waals surface area (Å²) in [6.07, 6.45) is 0. The molecule has 116 valence electrons. The summed E-state index contributed by atoms with van der Waals surface area (Å²) in [5, 5.41) is 12.1. The zero-order valence-electron chi connectivity index (χ0n) is 13.2. The van der Waals surface area contributed by atoms with E-state index in [1.54, 1.807) is 18.0 Å². The molecule has 0 saturated heterocycles. The number of nitrogens with zero attached hydrogens (tertiary/aromatic N) is 2. The van der Waals surface area contributed by atoms with Gasteiger partial charge in [-0.3, -0.25) is 4.79 Å². The van der Waals surface area contributed by atoms with Crippen molar-refractivity contribution in [2.75, 3.05) is 25.5 Å². The Balaban J connectivity index is 2.99. The summed E-state index contributed by atoms with van der Waals surface area (Å²) >= 11 is 0. The van der Waals surface area contributed by atoms with Gasteiger partial charge in [0.15, 0.2) is 0 Å². The number of carbonyl (C=O) groups is 2. The summed E-state index contributed by atoms with van der Waals surface area (Å²) < 4.78 is 0. The van der Waals surface area contributed by atoms with Gasteiger partial charge in [-0.2, -0.15) is 0 Å². The highest BCUT2D eigenvalue weighted by atomic mass is 16.4. The molecule has 0 atom stereocenters. The lowest BCUT2D eigenvalue weighted by atomic mass is 9.91. The first-order chi connectivity index (χ1) is 9.65. The van der Waals surface area contributed by atoms with Crippen molar-refractivity contribution < 1.29 is 14.7 Å². The smallest absolute Gasteiger partial charge is 0.335 e. The van der Waals surface area contributed by atoms with Gasteiger partial charge in [0.25, 0.3) is 0 Å². The van der Waals surface area contributed by atoms with E-state index < -0.39 is 5.97 Å². The standard InChI is InChI=1S/C15H23N3O3/c1-6-18(5)13(19)9-16-12-8-10(14(20)21)7-11(17-12)15(2,3)4/h7-8H,6,9H2,1-5H3,(H,16,17)(H,20,21). The van der Waals surface area contributed by atoms with Crippen molar-refractivity contribution in [3.63, 3.8) is 0 Å². The molecule has 6 nitrogen and oxygen atoms in total. The number of hydrogen-bond acceptors (Lipinski definition) is 4. The van der Waals surface area contributed by atoms with Gasteiger partial charge >= 0.3 is 5.97 Å². The van der Waals surface area contributed by atoms with Gasteiger partial charge in [0, 0.05) is 24.7 Å². The van der Waals surface area contributed by atoms with Crippen LogP contribution in [0.15, 0.2) is 12.1 Å². The molecule has 1 aromatic rings. The highest BCUT2D eigenvalue weighted by Crippen LogP contribution is 2.23. The first-order valence-electron chi connectivity index (χ1n) is 6.89. The maximum absolute atomic E-state index is 11.8. The number of nitrogens with one attached hydrogen (secondary N) is 1. The number of likely N-dealkylation sites (N-methyl/N-ethyl adjacent to an activating group) is 1. The third-order valence-electron chi connectivity index (χ3n) is 3.16. The van der Waals surface area contributed by atoms with Crippen LogP contribution in [0.3, 0.4) is 0 Å². The largest absolute Gasteiger partial charge is 0.478 e. The van der Waals surface area contributed by atoms with Crippen molar-refractivity contribution in [1.82, 2.24) is 9.88 Å². The van der Waals surface area contributed by atoms with Crippen LogP contribution in [0.5, 0.6) is 0 Å². The number of amides is 1. The number of carboxylic acids is 1. The van der Waals surface area contributed by atoms with Crippen molar-refractivity contribution in [2.45, 2.75) is 33.1 Å². The molecule has 6 heteroatoms. The first kappa shape index (κ1) is 16.9. The molecule has 21 heavy (non-hydrogen) atoms. The fraction of sp³-hybridized carbons (Fsp3) is 0.533. The Morgan fingerprint density at radius 3 is 2.43 bits per heavy atom. The number of pyridine rings is 1. The predicted molar refractivity (Wildman–Crippen MR) is 81.7 cm³/mol.